The van der Waals surface area contributed by atoms with Gasteiger partial charge < -0.3 is 11.5 Å². The summed E-state index contributed by atoms with van der Waals surface area (Å²) in [7, 11) is 2.52. The smallest absolute Gasteiger partial charge is 0.231 e. The van der Waals surface area contributed by atoms with Gasteiger partial charge in [0.05, 0.1) is 10.5 Å². The summed E-state index contributed by atoms with van der Waals surface area (Å²) in [5, 5.41) is -0.589. The van der Waals surface area contributed by atoms with Crippen molar-refractivity contribution < 1.29 is 9.59 Å². The molecule has 70 valence electrons. The third kappa shape index (κ3) is 4.50. The minimum atomic E-state index is -0.385. The third-order valence-electron chi connectivity index (χ3n) is 1.15. The molecule has 2 amide bonds. The SMILES string of the molecule is CC(SSC(C)C(N)=O)C(N)=O. The first-order chi connectivity index (χ1) is 5.45. The van der Waals surface area contributed by atoms with Crippen LogP contribution >= 0.6 is 21.6 Å². The Morgan fingerprint density at radius 3 is 1.42 bits per heavy atom. The highest BCUT2D eigenvalue weighted by Crippen LogP contribution is 2.30. The Balaban J connectivity index is 3.68. The summed E-state index contributed by atoms with van der Waals surface area (Å²) in [6.45, 7) is 3.38. The number of primary amides is 2. The van der Waals surface area contributed by atoms with Gasteiger partial charge in [0.15, 0.2) is 0 Å². The summed E-state index contributed by atoms with van der Waals surface area (Å²) in [6, 6.07) is 0. The van der Waals surface area contributed by atoms with Gasteiger partial charge in [-0.2, -0.15) is 0 Å². The Morgan fingerprint density at radius 1 is 1.00 bits per heavy atom. The van der Waals surface area contributed by atoms with E-state index in [0.29, 0.717) is 0 Å². The molecule has 2 atom stereocenters. The van der Waals surface area contributed by atoms with Gasteiger partial charge in [0.25, 0.3) is 0 Å². The van der Waals surface area contributed by atoms with Crippen LogP contribution in [0.25, 0.3) is 0 Å². The lowest BCUT2D eigenvalue weighted by Gasteiger charge is -2.08. The van der Waals surface area contributed by atoms with Crippen molar-refractivity contribution in [1.82, 2.24) is 0 Å². The van der Waals surface area contributed by atoms with Crippen LogP contribution in [0.2, 0.25) is 0 Å². The second-order valence-corrected chi connectivity index (χ2v) is 5.24. The van der Waals surface area contributed by atoms with E-state index in [9.17, 15) is 9.59 Å². The van der Waals surface area contributed by atoms with E-state index in [0.717, 1.165) is 0 Å². The number of hydrogen-bond acceptors (Lipinski definition) is 4. The molecule has 0 saturated carbocycles. The third-order valence-corrected chi connectivity index (χ3v) is 4.36. The van der Waals surface area contributed by atoms with E-state index >= 15 is 0 Å². The molecule has 0 radical (unpaired) electrons. The lowest BCUT2D eigenvalue weighted by Crippen LogP contribution is -2.24. The van der Waals surface area contributed by atoms with Crippen molar-refractivity contribution in [3.63, 3.8) is 0 Å². The van der Waals surface area contributed by atoms with Crippen LogP contribution in [-0.2, 0) is 9.59 Å². The van der Waals surface area contributed by atoms with Crippen molar-refractivity contribution in [2.24, 2.45) is 11.5 Å². The topological polar surface area (TPSA) is 86.2 Å². The highest BCUT2D eigenvalue weighted by Gasteiger charge is 2.14. The fourth-order valence-electron chi connectivity index (χ4n) is 0.262. The van der Waals surface area contributed by atoms with Crippen LogP contribution in [-0.4, -0.2) is 22.3 Å². The lowest BCUT2D eigenvalue weighted by atomic mass is 10.5. The van der Waals surface area contributed by atoms with Gasteiger partial charge >= 0.3 is 0 Å². The van der Waals surface area contributed by atoms with Crippen LogP contribution in [0, 0.1) is 0 Å². The molecule has 0 aromatic rings. The average Bonchev–Trinajstić information content (AvgIpc) is 1.98. The van der Waals surface area contributed by atoms with Gasteiger partial charge in [-0.3, -0.25) is 9.59 Å². The summed E-state index contributed by atoms with van der Waals surface area (Å²) < 4.78 is 0. The zero-order valence-corrected chi connectivity index (χ0v) is 8.58. The largest absolute Gasteiger partial charge is 0.369 e. The Labute approximate surface area is 79.2 Å². The molecule has 0 aromatic carbocycles. The van der Waals surface area contributed by atoms with Crippen molar-refractivity contribution in [3.05, 3.63) is 0 Å². The van der Waals surface area contributed by atoms with Crippen LogP contribution in [0.4, 0.5) is 0 Å². The van der Waals surface area contributed by atoms with E-state index in [2.05, 4.69) is 0 Å². The Kier molecular flexibility index (Phi) is 5.16. The average molecular weight is 208 g/mol. The van der Waals surface area contributed by atoms with Crippen LogP contribution in [0.3, 0.4) is 0 Å². The van der Waals surface area contributed by atoms with Gasteiger partial charge in [0.1, 0.15) is 0 Å². The molecule has 0 saturated heterocycles. The van der Waals surface area contributed by atoms with E-state index in [1.807, 2.05) is 0 Å². The second kappa shape index (κ2) is 5.31. The Morgan fingerprint density at radius 2 is 1.25 bits per heavy atom. The molecule has 0 fully saturated rings. The summed E-state index contributed by atoms with van der Waals surface area (Å²) in [4.78, 5) is 21.1. The molecule has 4 nitrogen and oxygen atoms in total. The minimum absolute atomic E-state index is 0.295. The van der Waals surface area contributed by atoms with Crippen molar-refractivity contribution in [3.8, 4) is 0 Å². The number of carbonyl (C=O) groups excluding carboxylic acids is 2. The molecule has 0 rings (SSSR count). The van der Waals surface area contributed by atoms with Crippen LogP contribution in [0.5, 0.6) is 0 Å². The lowest BCUT2D eigenvalue weighted by molar-refractivity contribution is -0.118. The van der Waals surface area contributed by atoms with Gasteiger partial charge in [-0.15, -0.1) is 0 Å². The maximum absolute atomic E-state index is 10.6. The van der Waals surface area contributed by atoms with E-state index in [1.165, 1.54) is 21.6 Å². The van der Waals surface area contributed by atoms with Crippen LogP contribution in [0.1, 0.15) is 13.8 Å². The fraction of sp³-hybridized carbons (Fsp3) is 0.667. The molecule has 2 unspecified atom stereocenters. The molecule has 0 aliphatic rings. The number of amides is 2. The number of hydrogen-bond donors (Lipinski definition) is 2. The maximum atomic E-state index is 10.6. The van der Waals surface area contributed by atoms with Gasteiger partial charge in [0.2, 0.25) is 11.8 Å². The zero-order chi connectivity index (χ0) is 9.72. The monoisotopic (exact) mass is 208 g/mol. The first-order valence-corrected chi connectivity index (χ1v) is 5.63. The fourth-order valence-corrected chi connectivity index (χ4v) is 2.35. The van der Waals surface area contributed by atoms with E-state index in [1.54, 1.807) is 13.8 Å². The summed E-state index contributed by atoms with van der Waals surface area (Å²) in [5.41, 5.74) is 10.0. The standard InChI is InChI=1S/C6H12N2O2S2/c1-3(5(7)9)11-12-4(2)6(8)10/h3-4H,1-2H3,(H2,7,9)(H2,8,10). The number of nitrogens with two attached hydrogens (primary N) is 2. The van der Waals surface area contributed by atoms with Gasteiger partial charge in [-0.05, 0) is 13.8 Å². The number of rotatable bonds is 5. The molecule has 12 heavy (non-hydrogen) atoms. The molecule has 4 N–H and O–H groups in total. The van der Waals surface area contributed by atoms with E-state index < -0.39 is 0 Å². The first kappa shape index (κ1) is 11.6. The molecular weight excluding hydrogens is 196 g/mol. The summed E-state index contributed by atoms with van der Waals surface area (Å²) >= 11 is 0. The first-order valence-electron chi connectivity index (χ1n) is 3.36. The molecule has 0 spiro atoms. The molecule has 0 bridgehead atoms. The van der Waals surface area contributed by atoms with Crippen LogP contribution < -0.4 is 11.5 Å². The summed E-state index contributed by atoms with van der Waals surface area (Å²) in [6.07, 6.45) is 0. The quantitative estimate of drug-likeness (QED) is 0.628. The molecule has 0 aliphatic heterocycles. The highest BCUT2D eigenvalue weighted by molar-refractivity contribution is 8.77. The Hall–Kier alpha value is -0.360. The summed E-state index contributed by atoms with van der Waals surface area (Å²) in [5.74, 6) is -0.770. The van der Waals surface area contributed by atoms with Crippen molar-refractivity contribution in [1.29, 1.82) is 0 Å². The van der Waals surface area contributed by atoms with E-state index in [4.69, 9.17) is 11.5 Å². The highest BCUT2D eigenvalue weighted by atomic mass is 33.1. The minimum Gasteiger partial charge on any atom is -0.369 e. The van der Waals surface area contributed by atoms with Gasteiger partial charge in [-0.1, -0.05) is 21.6 Å². The predicted molar refractivity (Wildman–Crippen MR) is 52.5 cm³/mol. The second-order valence-electron chi connectivity index (χ2n) is 2.28. The van der Waals surface area contributed by atoms with Gasteiger partial charge in [0, 0.05) is 0 Å². The predicted octanol–water partition coefficient (Wildman–Crippen LogP) is 0.115. The van der Waals surface area contributed by atoms with Crippen molar-refractivity contribution in [2.45, 2.75) is 24.3 Å². The molecule has 6 heteroatoms. The van der Waals surface area contributed by atoms with E-state index in [-0.39, 0.29) is 22.3 Å². The number of carbonyl (C=O) groups is 2. The molecule has 0 heterocycles. The Bertz CT molecular complexity index is 166. The molecule has 0 aliphatic carbocycles. The zero-order valence-electron chi connectivity index (χ0n) is 6.94. The van der Waals surface area contributed by atoms with Gasteiger partial charge in [-0.25, -0.2) is 0 Å². The molecule has 0 aromatic heterocycles. The van der Waals surface area contributed by atoms with Crippen molar-refractivity contribution in [2.75, 3.05) is 0 Å². The molecular formula is C6H12N2O2S2. The maximum Gasteiger partial charge on any atom is 0.231 e. The normalized spacial score (nSPS) is 15.2. The van der Waals surface area contributed by atoms with Crippen molar-refractivity contribution >= 4 is 33.4 Å². The van der Waals surface area contributed by atoms with Crippen LogP contribution in [0.15, 0.2) is 0 Å².